The summed E-state index contributed by atoms with van der Waals surface area (Å²) < 4.78 is 14.9. The molecule has 0 aliphatic heterocycles. The van der Waals surface area contributed by atoms with Gasteiger partial charge in [-0.15, -0.1) is 0 Å². The van der Waals surface area contributed by atoms with E-state index in [9.17, 15) is 4.39 Å². The average molecular weight is 488 g/mol. The largest absolute Gasteiger partial charge is 0.310 e. The van der Waals surface area contributed by atoms with Crippen LogP contribution in [0.25, 0.3) is 53.9 Å². The van der Waals surface area contributed by atoms with Crippen LogP contribution in [0.4, 0.5) is 21.5 Å². The van der Waals surface area contributed by atoms with Gasteiger partial charge in [-0.3, -0.25) is 0 Å². The van der Waals surface area contributed by atoms with Crippen LogP contribution >= 0.6 is 0 Å². The number of hydrogen-bond donors (Lipinski definition) is 0. The Morgan fingerprint density at radius 1 is 0.395 bits per heavy atom. The lowest BCUT2D eigenvalue weighted by Gasteiger charge is -2.28. The highest BCUT2D eigenvalue weighted by molar-refractivity contribution is 6.26. The van der Waals surface area contributed by atoms with Crippen LogP contribution in [0.2, 0.25) is 0 Å². The Kier molecular flexibility index (Phi) is 4.47. The van der Waals surface area contributed by atoms with E-state index in [1.54, 1.807) is 6.07 Å². The minimum Gasteiger partial charge on any atom is -0.310 e. The fourth-order valence-electron chi connectivity index (χ4n) is 6.00. The minimum absolute atomic E-state index is 0.182. The van der Waals surface area contributed by atoms with Gasteiger partial charge >= 0.3 is 0 Å². The fourth-order valence-corrected chi connectivity index (χ4v) is 6.00. The highest BCUT2D eigenvalue weighted by Crippen LogP contribution is 2.45. The van der Waals surface area contributed by atoms with Gasteiger partial charge in [0.1, 0.15) is 5.82 Å². The monoisotopic (exact) mass is 487 g/mol. The van der Waals surface area contributed by atoms with E-state index in [1.165, 1.54) is 21.5 Å². The van der Waals surface area contributed by atoms with Crippen LogP contribution < -0.4 is 4.90 Å². The summed E-state index contributed by atoms with van der Waals surface area (Å²) in [6.07, 6.45) is 0. The van der Waals surface area contributed by atoms with Gasteiger partial charge in [-0.25, -0.2) is 4.39 Å². The molecule has 8 rings (SSSR count). The summed E-state index contributed by atoms with van der Waals surface area (Å²) >= 11 is 0. The third-order valence-corrected chi connectivity index (χ3v) is 7.81. The number of benzene rings is 8. The fraction of sp³-hybridized carbons (Fsp3) is 0. The molecule has 0 aromatic heterocycles. The Morgan fingerprint density at radius 3 is 1.50 bits per heavy atom. The first-order valence-corrected chi connectivity index (χ1v) is 12.9. The predicted octanol–water partition coefficient (Wildman–Crippen LogP) is 10.5. The van der Waals surface area contributed by atoms with Crippen LogP contribution in [0.3, 0.4) is 0 Å². The van der Waals surface area contributed by atoms with E-state index in [1.807, 2.05) is 18.2 Å². The summed E-state index contributed by atoms with van der Waals surface area (Å²) in [6.45, 7) is 0. The Bertz CT molecular complexity index is 2080. The third kappa shape index (κ3) is 3.10. The zero-order valence-electron chi connectivity index (χ0n) is 20.5. The molecule has 0 saturated heterocycles. The lowest BCUT2D eigenvalue weighted by Crippen LogP contribution is -2.10. The first kappa shape index (κ1) is 21.2. The van der Waals surface area contributed by atoms with E-state index >= 15 is 0 Å². The van der Waals surface area contributed by atoms with Crippen molar-refractivity contribution in [2.24, 2.45) is 0 Å². The first-order valence-electron chi connectivity index (χ1n) is 12.9. The summed E-state index contributed by atoms with van der Waals surface area (Å²) in [5, 5.41) is 10.8. The molecule has 38 heavy (non-hydrogen) atoms. The van der Waals surface area contributed by atoms with Crippen molar-refractivity contribution >= 4 is 70.9 Å². The molecule has 0 unspecified atom stereocenters. The van der Waals surface area contributed by atoms with E-state index in [0.29, 0.717) is 5.39 Å². The average Bonchev–Trinajstić information content (AvgIpc) is 2.97. The van der Waals surface area contributed by atoms with Crippen LogP contribution in [0, 0.1) is 5.82 Å². The van der Waals surface area contributed by atoms with E-state index < -0.39 is 0 Å². The predicted molar refractivity (Wildman–Crippen MR) is 160 cm³/mol. The number of hydrogen-bond acceptors (Lipinski definition) is 1. The van der Waals surface area contributed by atoms with Gasteiger partial charge in [-0.05, 0) is 74.1 Å². The van der Waals surface area contributed by atoms with E-state index in [4.69, 9.17) is 0 Å². The molecule has 0 fully saturated rings. The van der Waals surface area contributed by atoms with Gasteiger partial charge in [0.25, 0.3) is 0 Å². The maximum atomic E-state index is 14.9. The Hall–Kier alpha value is -4.95. The van der Waals surface area contributed by atoms with Crippen LogP contribution in [-0.4, -0.2) is 0 Å². The molecule has 0 aliphatic carbocycles. The van der Waals surface area contributed by atoms with Crippen molar-refractivity contribution in [3.8, 4) is 0 Å². The molecule has 0 atom stereocenters. The lowest BCUT2D eigenvalue weighted by molar-refractivity contribution is 0.640. The maximum Gasteiger partial charge on any atom is 0.131 e. The van der Waals surface area contributed by atoms with Crippen molar-refractivity contribution in [2.45, 2.75) is 0 Å². The zero-order chi connectivity index (χ0) is 25.2. The molecule has 0 aliphatic rings. The summed E-state index contributed by atoms with van der Waals surface area (Å²) in [5.74, 6) is -0.182. The lowest BCUT2D eigenvalue weighted by atomic mass is 9.92. The number of nitrogens with zero attached hydrogens (tertiary/aromatic N) is 1. The molecule has 0 saturated carbocycles. The molecule has 0 bridgehead atoms. The van der Waals surface area contributed by atoms with Gasteiger partial charge in [0, 0.05) is 27.5 Å². The molecule has 8 aromatic rings. The Morgan fingerprint density at radius 2 is 0.868 bits per heavy atom. The second kappa shape index (κ2) is 8.03. The second-order valence-electron chi connectivity index (χ2n) is 9.95. The van der Waals surface area contributed by atoms with Crippen LogP contribution in [0.1, 0.15) is 0 Å². The van der Waals surface area contributed by atoms with Gasteiger partial charge in [-0.2, -0.15) is 0 Å². The van der Waals surface area contributed by atoms with Gasteiger partial charge in [0.05, 0.1) is 5.69 Å². The zero-order valence-corrected chi connectivity index (χ0v) is 20.5. The molecule has 2 heteroatoms. The number of halogens is 1. The normalized spacial score (nSPS) is 11.8. The van der Waals surface area contributed by atoms with Gasteiger partial charge in [0.2, 0.25) is 0 Å². The molecule has 0 N–H and O–H groups in total. The molecule has 1 nitrogen and oxygen atoms in total. The highest BCUT2D eigenvalue weighted by Gasteiger charge is 2.19. The molecular weight excluding hydrogens is 465 g/mol. The quantitative estimate of drug-likeness (QED) is 0.224. The Balaban J connectivity index is 1.47. The molecule has 0 radical (unpaired) electrons. The maximum absolute atomic E-state index is 14.9. The van der Waals surface area contributed by atoms with Gasteiger partial charge < -0.3 is 4.90 Å². The highest BCUT2D eigenvalue weighted by atomic mass is 19.1. The first-order chi connectivity index (χ1) is 18.7. The topological polar surface area (TPSA) is 3.24 Å². The smallest absolute Gasteiger partial charge is 0.131 e. The van der Waals surface area contributed by atoms with Gasteiger partial charge in [-0.1, -0.05) is 97.1 Å². The van der Waals surface area contributed by atoms with Crippen molar-refractivity contribution < 1.29 is 4.39 Å². The van der Waals surface area contributed by atoms with Crippen molar-refractivity contribution in [2.75, 3.05) is 4.90 Å². The van der Waals surface area contributed by atoms with Crippen LogP contribution in [-0.2, 0) is 0 Å². The van der Waals surface area contributed by atoms with Crippen molar-refractivity contribution in [1.82, 2.24) is 0 Å². The van der Waals surface area contributed by atoms with Crippen molar-refractivity contribution in [1.29, 1.82) is 0 Å². The number of fused-ring (bicyclic) bond motifs is 2. The third-order valence-electron chi connectivity index (χ3n) is 7.81. The van der Waals surface area contributed by atoms with E-state index in [-0.39, 0.29) is 5.82 Å². The Labute approximate surface area is 219 Å². The summed E-state index contributed by atoms with van der Waals surface area (Å²) in [5.41, 5.74) is 3.24. The molecule has 0 heterocycles. The van der Waals surface area contributed by atoms with E-state index in [0.717, 1.165) is 44.0 Å². The van der Waals surface area contributed by atoms with Crippen molar-refractivity contribution in [3.63, 3.8) is 0 Å². The SMILES string of the molecule is Fc1ccc2ccc3c(N(c4ccc5ccccc5c4)c4ccc5ccccc5c4)ccc4ccc1c2c43. The molecule has 0 amide bonds. The number of rotatable bonds is 3. The van der Waals surface area contributed by atoms with Crippen LogP contribution in [0.5, 0.6) is 0 Å². The standard InChI is InChI=1S/C36H22FN/c37-33-19-13-25-12-18-32-34(20-14-26-11-17-31(33)35(25)36(26)32)38(29-15-9-23-5-1-3-7-27(23)21-29)30-16-10-24-6-2-4-8-28(24)22-30/h1-22H. The molecular formula is C36H22FN. The van der Waals surface area contributed by atoms with E-state index in [2.05, 4.69) is 114 Å². The molecule has 8 aromatic carbocycles. The molecule has 178 valence electrons. The number of anilines is 3. The summed E-state index contributed by atoms with van der Waals surface area (Å²) in [4.78, 5) is 2.33. The second-order valence-corrected chi connectivity index (χ2v) is 9.95. The van der Waals surface area contributed by atoms with Crippen LogP contribution in [0.15, 0.2) is 133 Å². The molecule has 0 spiro atoms. The summed E-state index contributed by atoms with van der Waals surface area (Å²) in [7, 11) is 0. The van der Waals surface area contributed by atoms with Gasteiger partial charge in [0.15, 0.2) is 0 Å². The summed E-state index contributed by atoms with van der Waals surface area (Å²) in [6, 6.07) is 46.2. The minimum atomic E-state index is -0.182. The van der Waals surface area contributed by atoms with Crippen molar-refractivity contribution in [3.05, 3.63) is 139 Å².